The number of halogens is 1. The van der Waals surface area contributed by atoms with Gasteiger partial charge in [0.05, 0.1) is 5.56 Å². The van der Waals surface area contributed by atoms with Gasteiger partial charge in [0.1, 0.15) is 18.4 Å². The molecule has 0 aliphatic carbocycles. The molecule has 1 aliphatic rings. The summed E-state index contributed by atoms with van der Waals surface area (Å²) in [5, 5.41) is 18.3. The van der Waals surface area contributed by atoms with Gasteiger partial charge in [-0.1, -0.05) is 41.9 Å². The molecule has 1 aromatic heterocycles. The molecule has 1 N–H and O–H groups in total. The number of hydrogen-bond donors (Lipinski definition) is 1. The minimum absolute atomic E-state index is 0.0673. The van der Waals surface area contributed by atoms with E-state index in [2.05, 4.69) is 10.1 Å². The maximum atomic E-state index is 13.0. The zero-order valence-electron chi connectivity index (χ0n) is 13.7. The number of Topliss-reactive ketones (excluding diaryl/α,β-unsaturated/α-hetero) is 1. The van der Waals surface area contributed by atoms with Gasteiger partial charge in [-0.2, -0.15) is 5.10 Å². The molecule has 138 valence electrons. The van der Waals surface area contributed by atoms with Gasteiger partial charge in [-0.25, -0.2) is 9.67 Å². The molecule has 1 aliphatic heterocycles. The molecule has 0 spiro atoms. The van der Waals surface area contributed by atoms with Crippen molar-refractivity contribution in [1.29, 1.82) is 0 Å². The molecule has 0 saturated heterocycles. The lowest BCUT2D eigenvalue weighted by Gasteiger charge is -2.33. The molecule has 9 nitrogen and oxygen atoms in total. The van der Waals surface area contributed by atoms with Crippen LogP contribution in [-0.2, 0) is 0 Å². The van der Waals surface area contributed by atoms with Crippen LogP contribution in [0.15, 0.2) is 61.2 Å². The number of benzene rings is 2. The summed E-state index contributed by atoms with van der Waals surface area (Å²) >= 11 is 6.32. The second-order valence-electron chi connectivity index (χ2n) is 5.48. The van der Waals surface area contributed by atoms with E-state index in [1.807, 2.05) is 30.3 Å². The average Bonchev–Trinajstić information content (AvgIpc) is 3.16. The highest BCUT2D eigenvalue weighted by Crippen LogP contribution is 2.42. The molecule has 0 radical (unpaired) electrons. The normalized spacial score (nSPS) is 17.9. The number of ether oxygens (including phenoxy) is 1. The minimum Gasteiger partial charge on any atom is -0.482 e. The molecule has 2 atom stereocenters. The Morgan fingerprint density at radius 1 is 1.19 bits per heavy atom. The number of ketones is 1. The van der Waals surface area contributed by atoms with Crippen LogP contribution in [0.4, 0.5) is 0 Å². The third-order valence-electron chi connectivity index (χ3n) is 3.90. The number of carbonyl (C=O) groups excluding carboxylic acids is 1. The summed E-state index contributed by atoms with van der Waals surface area (Å²) in [6.07, 6.45) is 2.36. The monoisotopic (exact) mass is 388 g/mol. The Morgan fingerprint density at radius 2 is 1.85 bits per heavy atom. The van der Waals surface area contributed by atoms with Crippen molar-refractivity contribution in [1.82, 2.24) is 14.8 Å². The lowest BCUT2D eigenvalue weighted by molar-refractivity contribution is -0.742. The van der Waals surface area contributed by atoms with Crippen molar-refractivity contribution in [2.45, 2.75) is 12.1 Å². The van der Waals surface area contributed by atoms with E-state index in [0.717, 1.165) is 5.56 Å². The Labute approximate surface area is 157 Å². The third-order valence-corrected chi connectivity index (χ3v) is 4.24. The van der Waals surface area contributed by atoms with E-state index in [0.29, 0.717) is 16.3 Å². The van der Waals surface area contributed by atoms with Crippen LogP contribution in [-0.4, -0.2) is 30.8 Å². The molecular formula is C17H13ClN4O5. The molecule has 2 aromatic carbocycles. The van der Waals surface area contributed by atoms with E-state index < -0.39 is 17.2 Å². The Morgan fingerprint density at radius 3 is 2.52 bits per heavy atom. The Balaban J connectivity index is 0.000000481. The van der Waals surface area contributed by atoms with Crippen LogP contribution in [0.3, 0.4) is 0 Å². The Hall–Kier alpha value is -3.46. The molecule has 2 heterocycles. The standard InChI is InChI=1S/C17H12ClN3O2.HNO3/c18-13-7-3-1-5-11(13)17-15(21-10-19-9-20-21)16(22)12-6-2-4-8-14(12)23-17;2-1(3)4/h1-10,15,17H;(H,2,3,4)/t15-,17+;/m1./s1. The summed E-state index contributed by atoms with van der Waals surface area (Å²) in [7, 11) is 0. The van der Waals surface area contributed by atoms with E-state index in [9.17, 15) is 4.79 Å². The van der Waals surface area contributed by atoms with Gasteiger partial charge in [0.15, 0.2) is 17.9 Å². The van der Waals surface area contributed by atoms with Gasteiger partial charge < -0.3 is 9.94 Å². The van der Waals surface area contributed by atoms with Crippen LogP contribution >= 0.6 is 11.6 Å². The Bertz CT molecular complexity index is 959. The van der Waals surface area contributed by atoms with Crippen molar-refractivity contribution in [2.24, 2.45) is 0 Å². The zero-order valence-corrected chi connectivity index (χ0v) is 14.4. The fourth-order valence-corrected chi connectivity index (χ4v) is 3.07. The van der Waals surface area contributed by atoms with Crippen molar-refractivity contribution in [2.75, 3.05) is 0 Å². The number of hydrogen-bond acceptors (Lipinski definition) is 6. The molecular weight excluding hydrogens is 376 g/mol. The van der Waals surface area contributed by atoms with Gasteiger partial charge >= 0.3 is 0 Å². The van der Waals surface area contributed by atoms with Gasteiger partial charge in [0, 0.05) is 10.6 Å². The van der Waals surface area contributed by atoms with Gasteiger partial charge in [0.25, 0.3) is 5.09 Å². The fraction of sp³-hybridized carbons (Fsp3) is 0.118. The van der Waals surface area contributed by atoms with Crippen LogP contribution in [0.5, 0.6) is 5.75 Å². The highest BCUT2D eigenvalue weighted by molar-refractivity contribution is 6.31. The van der Waals surface area contributed by atoms with Crippen LogP contribution in [0, 0.1) is 10.1 Å². The van der Waals surface area contributed by atoms with E-state index in [4.69, 9.17) is 31.7 Å². The van der Waals surface area contributed by atoms with Crippen molar-refractivity contribution >= 4 is 17.4 Å². The first-order valence-corrected chi connectivity index (χ1v) is 8.08. The summed E-state index contributed by atoms with van der Waals surface area (Å²) in [6, 6.07) is 13.9. The van der Waals surface area contributed by atoms with E-state index >= 15 is 0 Å². The fourth-order valence-electron chi connectivity index (χ4n) is 2.83. The highest BCUT2D eigenvalue weighted by atomic mass is 35.5. The van der Waals surface area contributed by atoms with Gasteiger partial charge in [-0.3, -0.25) is 4.79 Å². The van der Waals surface area contributed by atoms with Crippen molar-refractivity contribution in [3.8, 4) is 5.75 Å². The maximum absolute atomic E-state index is 13.0. The first kappa shape index (κ1) is 18.3. The van der Waals surface area contributed by atoms with Crippen LogP contribution in [0.2, 0.25) is 5.02 Å². The van der Waals surface area contributed by atoms with Crippen molar-refractivity contribution < 1.29 is 19.8 Å². The Kier molecular flexibility index (Phi) is 5.32. The summed E-state index contributed by atoms with van der Waals surface area (Å²) < 4.78 is 7.63. The number of carbonyl (C=O) groups is 1. The molecule has 0 unspecified atom stereocenters. The molecule has 0 bridgehead atoms. The summed E-state index contributed by atoms with van der Waals surface area (Å²) in [5.74, 6) is 0.487. The summed E-state index contributed by atoms with van der Waals surface area (Å²) in [5.41, 5.74) is 1.29. The topological polar surface area (TPSA) is 120 Å². The highest BCUT2D eigenvalue weighted by Gasteiger charge is 2.40. The van der Waals surface area contributed by atoms with Crippen LogP contribution < -0.4 is 4.74 Å². The van der Waals surface area contributed by atoms with Crippen molar-refractivity contribution in [3.63, 3.8) is 0 Å². The SMILES string of the molecule is O=C1c2ccccc2O[C@@H](c2ccccc2Cl)[C@@H]1n1cncn1.O=[N+]([O-])O. The summed E-state index contributed by atoms with van der Waals surface area (Å²) in [4.78, 5) is 25.3. The van der Waals surface area contributed by atoms with E-state index in [1.165, 1.54) is 17.3 Å². The van der Waals surface area contributed by atoms with Gasteiger partial charge in [0.2, 0.25) is 0 Å². The predicted molar refractivity (Wildman–Crippen MR) is 93.4 cm³/mol. The van der Waals surface area contributed by atoms with Gasteiger partial charge in [-0.05, 0) is 18.2 Å². The lowest BCUT2D eigenvalue weighted by Crippen LogP contribution is -2.34. The number of fused-ring (bicyclic) bond motifs is 1. The lowest BCUT2D eigenvalue weighted by atomic mass is 9.91. The molecule has 0 fully saturated rings. The van der Waals surface area contributed by atoms with Crippen LogP contribution in [0.25, 0.3) is 0 Å². The first-order chi connectivity index (χ1) is 13.0. The first-order valence-electron chi connectivity index (χ1n) is 7.70. The predicted octanol–water partition coefficient (Wildman–Crippen LogP) is 3.14. The zero-order chi connectivity index (χ0) is 19.4. The molecule has 0 saturated carbocycles. The number of para-hydroxylation sites is 1. The largest absolute Gasteiger partial charge is 0.482 e. The minimum atomic E-state index is -1.50. The summed E-state index contributed by atoms with van der Waals surface area (Å²) in [6.45, 7) is 0. The second-order valence-corrected chi connectivity index (χ2v) is 5.89. The van der Waals surface area contributed by atoms with Crippen LogP contribution in [0.1, 0.15) is 28.1 Å². The van der Waals surface area contributed by atoms with E-state index in [1.54, 1.807) is 18.2 Å². The molecule has 10 heteroatoms. The van der Waals surface area contributed by atoms with Crippen molar-refractivity contribution in [3.05, 3.63) is 87.4 Å². The van der Waals surface area contributed by atoms with E-state index in [-0.39, 0.29) is 5.78 Å². The smallest absolute Gasteiger partial charge is 0.291 e. The number of rotatable bonds is 2. The molecule has 0 amide bonds. The maximum Gasteiger partial charge on any atom is 0.291 e. The number of nitrogens with zero attached hydrogens (tertiary/aromatic N) is 4. The molecule has 27 heavy (non-hydrogen) atoms. The quantitative estimate of drug-likeness (QED) is 0.528. The number of aromatic nitrogens is 3. The average molecular weight is 389 g/mol. The molecule has 3 aromatic rings. The van der Waals surface area contributed by atoms with Gasteiger partial charge in [-0.15, -0.1) is 10.1 Å². The molecule has 4 rings (SSSR count). The second kappa shape index (κ2) is 7.83. The third kappa shape index (κ3) is 3.87.